The van der Waals surface area contributed by atoms with Crippen molar-refractivity contribution < 1.29 is 0 Å². The fourth-order valence-corrected chi connectivity index (χ4v) is 7.78. The smallest absolute Gasteiger partial charge is 0.0991 e. The maximum atomic E-state index is 9.68. The van der Waals surface area contributed by atoms with Gasteiger partial charge in [-0.3, -0.25) is 0 Å². The highest BCUT2D eigenvalue weighted by atomic mass is 15.0. The lowest BCUT2D eigenvalue weighted by molar-refractivity contribution is 1.13. The van der Waals surface area contributed by atoms with E-state index < -0.39 is 0 Å². The predicted octanol–water partition coefficient (Wildman–Crippen LogP) is 10.7. The van der Waals surface area contributed by atoms with E-state index >= 15 is 0 Å². The topological polar surface area (TPSA) is 62.4 Å². The van der Waals surface area contributed by atoms with E-state index in [2.05, 4.69) is 141 Å². The molecule has 0 radical (unpaired) electrons. The van der Waals surface area contributed by atoms with Crippen molar-refractivity contribution in [3.63, 3.8) is 0 Å². The van der Waals surface area contributed by atoms with Gasteiger partial charge in [0.2, 0.25) is 0 Å². The Balaban J connectivity index is 1.27. The van der Waals surface area contributed by atoms with E-state index in [1.807, 2.05) is 36.4 Å². The lowest BCUT2D eigenvalue weighted by Crippen LogP contribution is -1.98. The summed E-state index contributed by atoms with van der Waals surface area (Å²) in [6, 6.07) is 57.3. The van der Waals surface area contributed by atoms with Gasteiger partial charge in [0, 0.05) is 49.4 Å². The standard InChI is InChI=1S/C44H25N5/c45-26-28-17-19-41-35(21-28)36-22-29(27-46)18-20-42(36)48(41)31-11-8-12-32(23-31)49-40-16-7-5-14-34(40)38-24-43-37(25-44(38)49)33-13-4-6-15-39(33)47(43)30-9-2-1-3-10-30/h1-25H. The van der Waals surface area contributed by atoms with Crippen molar-refractivity contribution in [1.29, 1.82) is 10.5 Å². The zero-order valence-electron chi connectivity index (χ0n) is 26.2. The van der Waals surface area contributed by atoms with Gasteiger partial charge in [-0.1, -0.05) is 60.7 Å². The lowest BCUT2D eigenvalue weighted by atomic mass is 10.1. The van der Waals surface area contributed by atoms with E-state index in [4.69, 9.17) is 0 Å². The molecule has 0 saturated carbocycles. The largest absolute Gasteiger partial charge is 0.309 e. The molecule has 0 aliphatic rings. The van der Waals surface area contributed by atoms with Gasteiger partial charge in [-0.15, -0.1) is 0 Å². The normalized spacial score (nSPS) is 11.6. The molecule has 0 bridgehead atoms. The summed E-state index contributed by atoms with van der Waals surface area (Å²) in [7, 11) is 0. The molecule has 0 saturated heterocycles. The van der Waals surface area contributed by atoms with Crippen LogP contribution in [0.5, 0.6) is 0 Å². The van der Waals surface area contributed by atoms with E-state index in [9.17, 15) is 10.5 Å². The first-order valence-corrected chi connectivity index (χ1v) is 16.2. The van der Waals surface area contributed by atoms with Crippen LogP contribution in [0.25, 0.3) is 82.5 Å². The van der Waals surface area contributed by atoms with E-state index in [0.717, 1.165) is 49.9 Å². The maximum absolute atomic E-state index is 9.68. The molecule has 226 valence electrons. The first-order chi connectivity index (χ1) is 24.2. The fourth-order valence-electron chi connectivity index (χ4n) is 7.78. The van der Waals surface area contributed by atoms with Crippen LogP contribution < -0.4 is 0 Å². The third kappa shape index (κ3) is 3.85. The fraction of sp³-hybridized carbons (Fsp3) is 0. The quantitative estimate of drug-likeness (QED) is 0.197. The molecule has 0 aliphatic heterocycles. The second kappa shape index (κ2) is 10.2. The second-order valence-electron chi connectivity index (χ2n) is 12.5. The minimum atomic E-state index is 0.591. The highest BCUT2D eigenvalue weighted by Gasteiger charge is 2.19. The summed E-state index contributed by atoms with van der Waals surface area (Å²) >= 11 is 0. The number of nitriles is 2. The van der Waals surface area contributed by atoms with Gasteiger partial charge in [0.1, 0.15) is 0 Å². The van der Waals surface area contributed by atoms with Crippen molar-refractivity contribution in [3.05, 3.63) is 163 Å². The summed E-state index contributed by atoms with van der Waals surface area (Å²) in [4.78, 5) is 0. The number of aromatic nitrogens is 3. The van der Waals surface area contributed by atoms with Gasteiger partial charge in [-0.2, -0.15) is 10.5 Å². The van der Waals surface area contributed by atoms with Crippen LogP contribution in [0.4, 0.5) is 0 Å². The molecule has 0 amide bonds. The molecule has 0 atom stereocenters. The van der Waals surface area contributed by atoms with Crippen molar-refractivity contribution in [2.75, 3.05) is 0 Å². The monoisotopic (exact) mass is 623 g/mol. The summed E-state index contributed by atoms with van der Waals surface area (Å²) in [5.41, 5.74) is 11.0. The van der Waals surface area contributed by atoms with Crippen molar-refractivity contribution in [1.82, 2.24) is 13.7 Å². The van der Waals surface area contributed by atoms with E-state index in [-0.39, 0.29) is 0 Å². The number of benzene rings is 7. The van der Waals surface area contributed by atoms with Crippen LogP contribution in [-0.4, -0.2) is 13.7 Å². The van der Waals surface area contributed by atoms with Crippen LogP contribution in [-0.2, 0) is 0 Å². The zero-order valence-corrected chi connectivity index (χ0v) is 26.2. The van der Waals surface area contributed by atoms with Gasteiger partial charge in [0.25, 0.3) is 0 Å². The Morgan fingerprint density at radius 3 is 1.24 bits per heavy atom. The van der Waals surface area contributed by atoms with Crippen molar-refractivity contribution in [2.45, 2.75) is 0 Å². The summed E-state index contributed by atoms with van der Waals surface area (Å²) in [6.45, 7) is 0. The van der Waals surface area contributed by atoms with E-state index in [1.165, 1.54) is 32.6 Å². The second-order valence-corrected chi connectivity index (χ2v) is 12.5. The molecule has 5 heteroatoms. The summed E-state index contributed by atoms with van der Waals surface area (Å²) in [6.07, 6.45) is 0. The number of rotatable bonds is 3. The number of hydrogen-bond donors (Lipinski definition) is 0. The Hall–Kier alpha value is -7.08. The van der Waals surface area contributed by atoms with Crippen molar-refractivity contribution in [3.8, 4) is 29.2 Å². The average molecular weight is 624 g/mol. The summed E-state index contributed by atoms with van der Waals surface area (Å²) < 4.78 is 6.97. The Bertz CT molecular complexity index is 3000. The Labute approximate surface area is 280 Å². The van der Waals surface area contributed by atoms with Crippen molar-refractivity contribution >= 4 is 65.4 Å². The molecule has 3 heterocycles. The molecular weight excluding hydrogens is 599 g/mol. The number of fused-ring (bicyclic) bond motifs is 9. The third-order valence-electron chi connectivity index (χ3n) is 9.85. The minimum Gasteiger partial charge on any atom is -0.309 e. The molecule has 0 aliphatic carbocycles. The van der Waals surface area contributed by atoms with Crippen LogP contribution in [0, 0.1) is 22.7 Å². The molecule has 7 aromatic carbocycles. The Kier molecular flexibility index (Phi) is 5.64. The van der Waals surface area contributed by atoms with Crippen LogP contribution in [0.15, 0.2) is 152 Å². The summed E-state index contributed by atoms with van der Waals surface area (Å²) in [5, 5.41) is 26.1. The molecule has 0 spiro atoms. The SMILES string of the molecule is N#Cc1ccc2c(c1)c1cc(C#N)ccc1n2-c1cccc(-n2c3ccccc3c3cc4c(cc32)c2ccccc2n4-c2ccccc2)c1. The highest BCUT2D eigenvalue weighted by molar-refractivity contribution is 6.19. The summed E-state index contributed by atoms with van der Waals surface area (Å²) in [5.74, 6) is 0. The van der Waals surface area contributed by atoms with Crippen LogP contribution >= 0.6 is 0 Å². The van der Waals surface area contributed by atoms with Gasteiger partial charge < -0.3 is 13.7 Å². The van der Waals surface area contributed by atoms with Gasteiger partial charge in [-0.25, -0.2) is 0 Å². The molecule has 3 aromatic heterocycles. The van der Waals surface area contributed by atoms with E-state index in [0.29, 0.717) is 11.1 Å². The number of para-hydroxylation sites is 3. The van der Waals surface area contributed by atoms with E-state index in [1.54, 1.807) is 0 Å². The molecule has 5 nitrogen and oxygen atoms in total. The van der Waals surface area contributed by atoms with Gasteiger partial charge in [0.05, 0.1) is 56.4 Å². The molecule has 0 unspecified atom stereocenters. The maximum Gasteiger partial charge on any atom is 0.0991 e. The van der Waals surface area contributed by atoms with Crippen LogP contribution in [0.2, 0.25) is 0 Å². The first kappa shape index (κ1) is 27.1. The van der Waals surface area contributed by atoms with Crippen LogP contribution in [0.3, 0.4) is 0 Å². The molecule has 0 fully saturated rings. The predicted molar refractivity (Wildman–Crippen MR) is 199 cm³/mol. The molecule has 49 heavy (non-hydrogen) atoms. The van der Waals surface area contributed by atoms with Gasteiger partial charge in [0.15, 0.2) is 0 Å². The zero-order chi connectivity index (χ0) is 32.6. The third-order valence-corrected chi connectivity index (χ3v) is 9.85. The minimum absolute atomic E-state index is 0.591. The van der Waals surface area contributed by atoms with Gasteiger partial charge in [-0.05, 0) is 91.0 Å². The first-order valence-electron chi connectivity index (χ1n) is 16.2. The molecule has 0 N–H and O–H groups in total. The Morgan fingerprint density at radius 1 is 0.306 bits per heavy atom. The Morgan fingerprint density at radius 2 is 0.714 bits per heavy atom. The lowest BCUT2D eigenvalue weighted by Gasteiger charge is -2.13. The highest BCUT2D eigenvalue weighted by Crippen LogP contribution is 2.40. The van der Waals surface area contributed by atoms with Crippen LogP contribution in [0.1, 0.15) is 11.1 Å². The number of hydrogen-bond acceptors (Lipinski definition) is 2. The molecule has 10 aromatic rings. The molecule has 10 rings (SSSR count). The average Bonchev–Trinajstić information content (AvgIpc) is 3.79. The van der Waals surface area contributed by atoms with Crippen molar-refractivity contribution in [2.24, 2.45) is 0 Å². The molecular formula is C44H25N5. The number of nitrogens with zero attached hydrogens (tertiary/aromatic N) is 5. The van der Waals surface area contributed by atoms with Gasteiger partial charge >= 0.3 is 0 Å².